The first kappa shape index (κ1) is 11.5. The van der Waals surface area contributed by atoms with Gasteiger partial charge in [0.2, 0.25) is 0 Å². The third-order valence-corrected chi connectivity index (χ3v) is 3.67. The largest absolute Gasteiger partial charge is 0.471 e. The Morgan fingerprint density at radius 1 is 1.22 bits per heavy atom. The number of furan rings is 1. The van der Waals surface area contributed by atoms with Crippen molar-refractivity contribution >= 4 is 16.6 Å². The van der Waals surface area contributed by atoms with Gasteiger partial charge in [-0.25, -0.2) is 4.98 Å². The molecular formula is C14H19N3O. The summed E-state index contributed by atoms with van der Waals surface area (Å²) in [4.78, 5) is 9.51. The minimum Gasteiger partial charge on any atom is -0.471 e. The Labute approximate surface area is 107 Å². The van der Waals surface area contributed by atoms with Gasteiger partial charge in [-0.2, -0.15) is 0 Å². The molecule has 0 aromatic carbocycles. The van der Waals surface area contributed by atoms with Gasteiger partial charge in [0.1, 0.15) is 12.1 Å². The number of anilines is 1. The average Bonchev–Trinajstić information content (AvgIpc) is 2.86. The fraction of sp³-hybridized carbons (Fsp3) is 0.500. The smallest absolute Gasteiger partial charge is 0.140 e. The summed E-state index contributed by atoms with van der Waals surface area (Å²) in [6, 6.07) is 2.12. The summed E-state index contributed by atoms with van der Waals surface area (Å²) in [6.07, 6.45) is 4.59. The summed E-state index contributed by atoms with van der Waals surface area (Å²) >= 11 is 0. The molecule has 0 amide bonds. The van der Waals surface area contributed by atoms with Crippen molar-refractivity contribution in [2.45, 2.75) is 13.3 Å². The second kappa shape index (κ2) is 4.61. The molecule has 4 heteroatoms. The number of aryl methyl sites for hydroxylation is 1. The van der Waals surface area contributed by atoms with E-state index in [0.29, 0.717) is 0 Å². The highest BCUT2D eigenvalue weighted by atomic mass is 16.3. The molecule has 4 nitrogen and oxygen atoms in total. The number of nitrogens with zero attached hydrogens (tertiary/aromatic N) is 3. The van der Waals surface area contributed by atoms with Crippen LogP contribution < -0.4 is 4.90 Å². The van der Waals surface area contributed by atoms with Gasteiger partial charge in [0, 0.05) is 37.3 Å². The Hall–Kier alpha value is -1.55. The number of piperazine rings is 1. The second-order valence-corrected chi connectivity index (χ2v) is 4.96. The van der Waals surface area contributed by atoms with Crippen LogP contribution >= 0.6 is 0 Å². The highest BCUT2D eigenvalue weighted by Gasteiger charge is 2.18. The summed E-state index contributed by atoms with van der Waals surface area (Å²) in [5.41, 5.74) is 1.14. The van der Waals surface area contributed by atoms with Gasteiger partial charge in [-0.15, -0.1) is 0 Å². The molecule has 0 saturated carbocycles. The Balaban J connectivity index is 2.01. The molecule has 0 aliphatic carbocycles. The van der Waals surface area contributed by atoms with Crippen LogP contribution in [0.1, 0.15) is 12.6 Å². The van der Waals surface area contributed by atoms with Gasteiger partial charge in [0.25, 0.3) is 0 Å². The lowest BCUT2D eigenvalue weighted by molar-refractivity contribution is 0.312. The molecule has 1 saturated heterocycles. The molecule has 0 bridgehead atoms. The quantitative estimate of drug-likeness (QED) is 0.811. The fourth-order valence-corrected chi connectivity index (χ4v) is 2.45. The van der Waals surface area contributed by atoms with Gasteiger partial charge < -0.3 is 14.2 Å². The van der Waals surface area contributed by atoms with E-state index in [1.165, 1.54) is 0 Å². The van der Waals surface area contributed by atoms with Crippen LogP contribution in [0.2, 0.25) is 0 Å². The van der Waals surface area contributed by atoms with E-state index < -0.39 is 0 Å². The van der Waals surface area contributed by atoms with E-state index in [0.717, 1.165) is 54.9 Å². The first-order valence-corrected chi connectivity index (χ1v) is 6.57. The lowest BCUT2D eigenvalue weighted by Crippen LogP contribution is -2.44. The van der Waals surface area contributed by atoms with E-state index in [4.69, 9.17) is 9.40 Å². The predicted octanol–water partition coefficient (Wildman–Crippen LogP) is 2.14. The molecule has 3 heterocycles. The summed E-state index contributed by atoms with van der Waals surface area (Å²) in [5.74, 6) is 1.09. The van der Waals surface area contributed by atoms with Crippen LogP contribution in [0.15, 0.2) is 23.0 Å². The molecule has 0 unspecified atom stereocenters. The van der Waals surface area contributed by atoms with Crippen molar-refractivity contribution in [2.75, 3.05) is 38.1 Å². The molecule has 1 aliphatic rings. The van der Waals surface area contributed by atoms with Crippen molar-refractivity contribution in [2.24, 2.45) is 0 Å². The molecule has 0 atom stereocenters. The SMILES string of the molecule is CCc1cc2cocc2c(N2CCN(C)CC2)n1. The maximum atomic E-state index is 5.34. The van der Waals surface area contributed by atoms with Crippen LogP contribution in [0.25, 0.3) is 10.8 Å². The molecule has 3 rings (SSSR count). The standard InChI is InChI=1S/C14H19N3O/c1-3-12-8-11-9-18-10-13(11)14(15-12)17-6-4-16(2)5-7-17/h8-10H,3-7H2,1-2H3. The number of rotatable bonds is 2. The second-order valence-electron chi connectivity index (χ2n) is 4.96. The van der Waals surface area contributed by atoms with Gasteiger partial charge in [0.05, 0.1) is 11.6 Å². The number of fused-ring (bicyclic) bond motifs is 1. The topological polar surface area (TPSA) is 32.5 Å². The van der Waals surface area contributed by atoms with Gasteiger partial charge in [0.15, 0.2) is 0 Å². The lowest BCUT2D eigenvalue weighted by atomic mass is 10.2. The van der Waals surface area contributed by atoms with Crippen LogP contribution in [-0.4, -0.2) is 43.1 Å². The molecule has 0 spiro atoms. The summed E-state index contributed by atoms with van der Waals surface area (Å²) in [6.45, 7) is 6.41. The van der Waals surface area contributed by atoms with Crippen LogP contribution in [0.3, 0.4) is 0 Å². The zero-order chi connectivity index (χ0) is 12.5. The highest BCUT2D eigenvalue weighted by molar-refractivity contribution is 5.91. The van der Waals surface area contributed by atoms with Gasteiger partial charge in [-0.1, -0.05) is 6.92 Å². The van der Waals surface area contributed by atoms with E-state index in [-0.39, 0.29) is 0 Å². The fourth-order valence-electron chi connectivity index (χ4n) is 2.45. The number of hydrogen-bond acceptors (Lipinski definition) is 4. The monoisotopic (exact) mass is 245 g/mol. The van der Waals surface area contributed by atoms with Gasteiger partial charge in [-0.3, -0.25) is 0 Å². The molecule has 0 radical (unpaired) electrons. The molecule has 18 heavy (non-hydrogen) atoms. The van der Waals surface area contributed by atoms with Gasteiger partial charge in [-0.05, 0) is 19.5 Å². The number of hydrogen-bond donors (Lipinski definition) is 0. The minimum atomic E-state index is 0.960. The molecular weight excluding hydrogens is 226 g/mol. The Morgan fingerprint density at radius 3 is 2.72 bits per heavy atom. The van der Waals surface area contributed by atoms with E-state index in [1.807, 2.05) is 12.5 Å². The predicted molar refractivity (Wildman–Crippen MR) is 73.1 cm³/mol. The molecule has 1 aliphatic heterocycles. The molecule has 96 valence electrons. The van der Waals surface area contributed by atoms with Crippen LogP contribution in [0.4, 0.5) is 5.82 Å². The molecule has 2 aromatic rings. The van der Waals surface area contributed by atoms with Crippen molar-refractivity contribution < 1.29 is 4.42 Å². The zero-order valence-electron chi connectivity index (χ0n) is 11.0. The van der Waals surface area contributed by atoms with E-state index >= 15 is 0 Å². The van der Waals surface area contributed by atoms with Crippen LogP contribution in [-0.2, 0) is 6.42 Å². The maximum Gasteiger partial charge on any atom is 0.140 e. The number of likely N-dealkylation sites (N-methyl/N-ethyl adjacent to an activating group) is 1. The first-order valence-electron chi connectivity index (χ1n) is 6.57. The van der Waals surface area contributed by atoms with E-state index in [9.17, 15) is 0 Å². The Kier molecular flexibility index (Phi) is 2.96. The van der Waals surface area contributed by atoms with Crippen molar-refractivity contribution in [3.05, 3.63) is 24.3 Å². The van der Waals surface area contributed by atoms with Crippen molar-refractivity contribution in [1.82, 2.24) is 9.88 Å². The summed E-state index contributed by atoms with van der Waals surface area (Å²) in [5, 5.41) is 2.30. The Bertz CT molecular complexity index is 541. The van der Waals surface area contributed by atoms with E-state index in [1.54, 1.807) is 0 Å². The van der Waals surface area contributed by atoms with Crippen molar-refractivity contribution in [3.8, 4) is 0 Å². The third-order valence-electron chi connectivity index (χ3n) is 3.67. The van der Waals surface area contributed by atoms with E-state index in [2.05, 4.69) is 29.8 Å². The average molecular weight is 245 g/mol. The van der Waals surface area contributed by atoms with Gasteiger partial charge >= 0.3 is 0 Å². The van der Waals surface area contributed by atoms with Crippen LogP contribution in [0, 0.1) is 0 Å². The summed E-state index contributed by atoms with van der Waals surface area (Å²) in [7, 11) is 2.17. The molecule has 1 fully saturated rings. The minimum absolute atomic E-state index is 0.960. The number of pyridine rings is 1. The van der Waals surface area contributed by atoms with Crippen LogP contribution in [0.5, 0.6) is 0 Å². The molecule has 0 N–H and O–H groups in total. The Morgan fingerprint density at radius 2 is 2.00 bits per heavy atom. The third kappa shape index (κ3) is 1.97. The first-order chi connectivity index (χ1) is 8.78. The van der Waals surface area contributed by atoms with Crippen molar-refractivity contribution in [1.29, 1.82) is 0 Å². The maximum absolute atomic E-state index is 5.34. The molecule has 2 aromatic heterocycles. The highest BCUT2D eigenvalue weighted by Crippen LogP contribution is 2.27. The normalized spacial score (nSPS) is 17.6. The summed E-state index contributed by atoms with van der Waals surface area (Å²) < 4.78 is 5.34. The van der Waals surface area contributed by atoms with Crippen molar-refractivity contribution in [3.63, 3.8) is 0 Å². The number of aromatic nitrogens is 1. The lowest BCUT2D eigenvalue weighted by Gasteiger charge is -2.33. The zero-order valence-corrected chi connectivity index (χ0v) is 11.0.